The zero-order valence-electron chi connectivity index (χ0n) is 21.7. The van der Waals surface area contributed by atoms with Crippen molar-refractivity contribution >= 4 is 51.6 Å². The molecule has 7 nitrogen and oxygen atoms in total. The van der Waals surface area contributed by atoms with E-state index in [1.807, 2.05) is 48.7 Å². The van der Waals surface area contributed by atoms with E-state index in [1.54, 1.807) is 17.4 Å². The van der Waals surface area contributed by atoms with Crippen LogP contribution in [0.15, 0.2) is 48.5 Å². The van der Waals surface area contributed by atoms with E-state index in [0.29, 0.717) is 24.5 Å². The second-order valence-corrected chi connectivity index (χ2v) is 10.0. The van der Waals surface area contributed by atoms with E-state index >= 15 is 0 Å². The first-order valence-electron chi connectivity index (χ1n) is 12.5. The van der Waals surface area contributed by atoms with E-state index in [9.17, 15) is 9.59 Å². The second-order valence-electron chi connectivity index (χ2n) is 8.93. The van der Waals surface area contributed by atoms with Crippen LogP contribution in [0.1, 0.15) is 42.1 Å². The Morgan fingerprint density at radius 1 is 1.11 bits per heavy atom. The van der Waals surface area contributed by atoms with Crippen LogP contribution in [0.25, 0.3) is 27.6 Å². The fraction of sp³-hybridized carbons (Fsp3) is 0.276. The number of nitrogens with one attached hydrogen (secondary N) is 2. The SMILES string of the molecule is CC/C=C\c1sc(-c2cc(NC(=O)C(=O)NCCn3c(C)nc4ccccc43)cc(C)c2N)cc1CC. The van der Waals surface area contributed by atoms with Crippen molar-refractivity contribution in [1.29, 1.82) is 0 Å². The van der Waals surface area contributed by atoms with E-state index in [0.717, 1.165) is 45.7 Å². The fourth-order valence-electron chi connectivity index (χ4n) is 4.32. The first-order chi connectivity index (χ1) is 17.8. The number of para-hydroxylation sites is 2. The molecule has 37 heavy (non-hydrogen) atoms. The highest BCUT2D eigenvalue weighted by atomic mass is 32.1. The zero-order valence-corrected chi connectivity index (χ0v) is 22.5. The molecule has 4 N–H and O–H groups in total. The highest BCUT2D eigenvalue weighted by Gasteiger charge is 2.17. The number of aromatic nitrogens is 2. The van der Waals surface area contributed by atoms with Gasteiger partial charge in [-0.25, -0.2) is 4.98 Å². The summed E-state index contributed by atoms with van der Waals surface area (Å²) in [6.45, 7) is 8.90. The summed E-state index contributed by atoms with van der Waals surface area (Å²) < 4.78 is 2.03. The molecule has 2 aromatic heterocycles. The Morgan fingerprint density at radius 2 is 1.89 bits per heavy atom. The molecule has 0 saturated carbocycles. The summed E-state index contributed by atoms with van der Waals surface area (Å²) in [5, 5.41) is 5.45. The van der Waals surface area contributed by atoms with Crippen molar-refractivity contribution in [2.24, 2.45) is 0 Å². The van der Waals surface area contributed by atoms with E-state index in [1.165, 1.54) is 10.4 Å². The number of imidazole rings is 1. The number of amides is 2. The minimum atomic E-state index is -0.714. The van der Waals surface area contributed by atoms with Crippen LogP contribution >= 0.6 is 11.3 Å². The molecule has 0 bridgehead atoms. The summed E-state index contributed by atoms with van der Waals surface area (Å²) in [5.74, 6) is -0.540. The number of rotatable bonds is 8. The number of anilines is 2. The number of nitrogens with two attached hydrogens (primary N) is 1. The van der Waals surface area contributed by atoms with Crippen LogP contribution in [0.5, 0.6) is 0 Å². The molecule has 4 aromatic rings. The Kier molecular flexibility index (Phi) is 8.08. The average molecular weight is 516 g/mol. The predicted octanol–water partition coefficient (Wildman–Crippen LogP) is 5.70. The van der Waals surface area contributed by atoms with E-state index in [2.05, 4.69) is 47.7 Å². The molecule has 0 aliphatic rings. The average Bonchev–Trinajstić information content (AvgIpc) is 3.44. The van der Waals surface area contributed by atoms with Crippen LogP contribution in [0.4, 0.5) is 11.4 Å². The molecule has 0 saturated heterocycles. The Bertz CT molecular complexity index is 1480. The van der Waals surface area contributed by atoms with E-state index < -0.39 is 11.8 Å². The summed E-state index contributed by atoms with van der Waals surface area (Å²) in [5.41, 5.74) is 12.5. The molecule has 0 aliphatic heterocycles. The number of nitrogens with zero attached hydrogens (tertiary/aromatic N) is 2. The molecule has 2 heterocycles. The van der Waals surface area contributed by atoms with E-state index in [4.69, 9.17) is 5.73 Å². The normalized spacial score (nSPS) is 11.4. The Morgan fingerprint density at radius 3 is 2.65 bits per heavy atom. The van der Waals surface area contributed by atoms with Gasteiger partial charge in [-0.3, -0.25) is 9.59 Å². The molecule has 2 aromatic carbocycles. The van der Waals surface area contributed by atoms with Crippen LogP contribution in [-0.4, -0.2) is 27.9 Å². The molecule has 0 unspecified atom stereocenters. The third-order valence-electron chi connectivity index (χ3n) is 6.31. The Labute approximate surface area is 221 Å². The van der Waals surface area contributed by atoms with Crippen molar-refractivity contribution in [2.45, 2.75) is 47.1 Å². The number of nitrogen functional groups attached to an aromatic ring is 1. The highest BCUT2D eigenvalue weighted by Crippen LogP contribution is 2.38. The smallest absolute Gasteiger partial charge is 0.313 e. The number of thiophene rings is 1. The van der Waals surface area contributed by atoms with Gasteiger partial charge in [0.2, 0.25) is 0 Å². The van der Waals surface area contributed by atoms with Gasteiger partial charge in [-0.05, 0) is 74.2 Å². The molecule has 0 fully saturated rings. The lowest BCUT2D eigenvalue weighted by atomic mass is 10.0. The lowest BCUT2D eigenvalue weighted by molar-refractivity contribution is -0.136. The molecule has 2 amide bonds. The van der Waals surface area contributed by atoms with E-state index in [-0.39, 0.29) is 0 Å². The molecular formula is C29H33N5O2S. The van der Waals surface area contributed by atoms with Crippen LogP contribution in [0.3, 0.4) is 0 Å². The molecule has 4 rings (SSSR count). The molecule has 192 valence electrons. The molecule has 0 spiro atoms. The molecular weight excluding hydrogens is 482 g/mol. The molecule has 0 radical (unpaired) electrons. The molecule has 0 atom stereocenters. The summed E-state index contributed by atoms with van der Waals surface area (Å²) in [6.07, 6.45) is 6.19. The first kappa shape index (κ1) is 26.2. The standard InChI is InChI=1S/C29H33N5O2S/c1-5-7-12-25-20(6-2)16-26(37-25)22-17-21(15-18(3)27(22)30)33-29(36)28(35)31-13-14-34-19(4)32-23-10-8-9-11-24(23)34/h7-12,15-17H,5-6,13-14,30H2,1-4H3,(H,31,35)(H,33,36)/b12-7-. The predicted molar refractivity (Wildman–Crippen MR) is 154 cm³/mol. The minimum Gasteiger partial charge on any atom is -0.398 e. The van der Waals surface area contributed by atoms with Gasteiger partial charge < -0.3 is 20.9 Å². The fourth-order valence-corrected chi connectivity index (χ4v) is 5.54. The van der Waals surface area contributed by atoms with Gasteiger partial charge >= 0.3 is 11.8 Å². The number of hydrogen-bond acceptors (Lipinski definition) is 5. The van der Waals surface area contributed by atoms with Crippen molar-refractivity contribution in [3.8, 4) is 10.4 Å². The maximum absolute atomic E-state index is 12.7. The monoisotopic (exact) mass is 515 g/mol. The number of hydrogen-bond donors (Lipinski definition) is 3. The third kappa shape index (κ3) is 5.75. The van der Waals surface area contributed by atoms with Crippen molar-refractivity contribution in [2.75, 3.05) is 17.6 Å². The number of benzene rings is 2. The number of aryl methyl sites for hydroxylation is 3. The second kappa shape index (κ2) is 11.4. The topological polar surface area (TPSA) is 102 Å². The first-order valence-corrected chi connectivity index (χ1v) is 13.3. The van der Waals surface area contributed by atoms with Gasteiger partial charge in [0, 0.05) is 39.8 Å². The van der Waals surface area contributed by atoms with Gasteiger partial charge in [-0.2, -0.15) is 0 Å². The third-order valence-corrected chi connectivity index (χ3v) is 7.49. The number of allylic oxidation sites excluding steroid dienone is 1. The maximum atomic E-state index is 12.7. The molecule has 0 aliphatic carbocycles. The van der Waals surface area contributed by atoms with Gasteiger partial charge in [0.25, 0.3) is 0 Å². The van der Waals surface area contributed by atoms with Crippen LogP contribution < -0.4 is 16.4 Å². The van der Waals surface area contributed by atoms with Crippen LogP contribution in [0, 0.1) is 13.8 Å². The van der Waals surface area contributed by atoms with Crippen molar-refractivity contribution in [3.63, 3.8) is 0 Å². The van der Waals surface area contributed by atoms with Crippen molar-refractivity contribution < 1.29 is 9.59 Å². The zero-order chi connectivity index (χ0) is 26.5. The van der Waals surface area contributed by atoms with Gasteiger partial charge in [0.1, 0.15) is 5.82 Å². The van der Waals surface area contributed by atoms with Gasteiger partial charge in [-0.1, -0.05) is 32.1 Å². The van der Waals surface area contributed by atoms with Gasteiger partial charge in [-0.15, -0.1) is 11.3 Å². The number of carbonyl (C=O) groups is 2. The number of fused-ring (bicyclic) bond motifs is 1. The van der Waals surface area contributed by atoms with Crippen molar-refractivity contribution in [1.82, 2.24) is 14.9 Å². The lowest BCUT2D eigenvalue weighted by Gasteiger charge is -2.12. The largest absolute Gasteiger partial charge is 0.398 e. The Hall–Kier alpha value is -3.91. The van der Waals surface area contributed by atoms with Crippen LogP contribution in [0.2, 0.25) is 0 Å². The summed E-state index contributed by atoms with van der Waals surface area (Å²) in [4.78, 5) is 32.0. The summed E-state index contributed by atoms with van der Waals surface area (Å²) in [7, 11) is 0. The van der Waals surface area contributed by atoms with Gasteiger partial charge in [0.15, 0.2) is 0 Å². The highest BCUT2D eigenvalue weighted by molar-refractivity contribution is 7.16. The lowest BCUT2D eigenvalue weighted by Crippen LogP contribution is -2.37. The number of carbonyl (C=O) groups excluding carboxylic acids is 2. The summed E-state index contributed by atoms with van der Waals surface area (Å²) >= 11 is 1.68. The summed E-state index contributed by atoms with van der Waals surface area (Å²) in [6, 6.07) is 13.6. The molecule has 8 heteroatoms. The maximum Gasteiger partial charge on any atom is 0.313 e. The quantitative estimate of drug-likeness (QED) is 0.207. The van der Waals surface area contributed by atoms with Crippen LogP contribution in [-0.2, 0) is 22.6 Å². The van der Waals surface area contributed by atoms with Gasteiger partial charge in [0.05, 0.1) is 11.0 Å². The Balaban J connectivity index is 1.45. The van der Waals surface area contributed by atoms with Crippen molar-refractivity contribution in [3.05, 3.63) is 70.4 Å². The minimum absolute atomic E-state index is 0.308.